The molecule has 0 saturated carbocycles. The summed E-state index contributed by atoms with van der Waals surface area (Å²) < 4.78 is 5.69. The summed E-state index contributed by atoms with van der Waals surface area (Å²) in [5.74, 6) is 1.29. The molecule has 0 spiro atoms. The number of benzene rings is 2. The molecule has 5 rings (SSSR count). The van der Waals surface area contributed by atoms with Gasteiger partial charge in [-0.2, -0.15) is 0 Å². The summed E-state index contributed by atoms with van der Waals surface area (Å²) in [6.07, 6.45) is 3.75. The summed E-state index contributed by atoms with van der Waals surface area (Å²) in [6.45, 7) is 4.38. The Kier molecular flexibility index (Phi) is 4.61. The summed E-state index contributed by atoms with van der Waals surface area (Å²) in [6, 6.07) is 14.7. The fourth-order valence-electron chi connectivity index (χ4n) is 4.48. The van der Waals surface area contributed by atoms with Gasteiger partial charge in [0.2, 0.25) is 5.91 Å². The lowest BCUT2D eigenvalue weighted by atomic mass is 9.97. The smallest absolute Gasteiger partial charge is 0.223 e. The SMILES string of the molecule is O=C(CCN1CCc2onc(-c3cccc4ccccc34)c2C1)N1CCCC1. The number of carbonyl (C=O) groups is 1. The zero-order valence-electron chi connectivity index (χ0n) is 16.1. The van der Waals surface area contributed by atoms with E-state index in [-0.39, 0.29) is 0 Å². The molecule has 2 aliphatic rings. The van der Waals surface area contributed by atoms with Crippen molar-refractivity contribution < 1.29 is 9.32 Å². The van der Waals surface area contributed by atoms with Crippen molar-refractivity contribution in [3.63, 3.8) is 0 Å². The average Bonchev–Trinajstić information content (AvgIpc) is 3.41. The minimum absolute atomic E-state index is 0.294. The zero-order valence-corrected chi connectivity index (χ0v) is 16.1. The first-order valence-corrected chi connectivity index (χ1v) is 10.3. The number of aromatic nitrogens is 1. The van der Waals surface area contributed by atoms with Crippen LogP contribution in [0.4, 0.5) is 0 Å². The molecule has 5 heteroatoms. The van der Waals surface area contributed by atoms with Crippen LogP contribution in [-0.2, 0) is 17.8 Å². The maximum Gasteiger partial charge on any atom is 0.223 e. The van der Waals surface area contributed by atoms with Gasteiger partial charge in [0.1, 0.15) is 11.5 Å². The summed E-state index contributed by atoms with van der Waals surface area (Å²) in [5, 5.41) is 6.84. The van der Waals surface area contributed by atoms with Crippen LogP contribution >= 0.6 is 0 Å². The van der Waals surface area contributed by atoms with Gasteiger partial charge in [0.25, 0.3) is 0 Å². The minimum Gasteiger partial charge on any atom is -0.360 e. The molecule has 0 unspecified atom stereocenters. The molecule has 1 aromatic heterocycles. The number of fused-ring (bicyclic) bond motifs is 2. The second-order valence-electron chi connectivity index (χ2n) is 7.82. The van der Waals surface area contributed by atoms with Crippen molar-refractivity contribution in [1.29, 1.82) is 0 Å². The lowest BCUT2D eigenvalue weighted by Gasteiger charge is -2.26. The van der Waals surface area contributed by atoms with Crippen LogP contribution in [0, 0.1) is 0 Å². The second-order valence-corrected chi connectivity index (χ2v) is 7.82. The van der Waals surface area contributed by atoms with E-state index in [1.165, 1.54) is 16.3 Å². The summed E-state index contributed by atoms with van der Waals surface area (Å²) in [4.78, 5) is 16.8. The van der Waals surface area contributed by atoms with Crippen molar-refractivity contribution >= 4 is 16.7 Å². The Balaban J connectivity index is 1.36. The van der Waals surface area contributed by atoms with Gasteiger partial charge in [-0.3, -0.25) is 9.69 Å². The van der Waals surface area contributed by atoms with Crippen molar-refractivity contribution in [2.75, 3.05) is 26.2 Å². The van der Waals surface area contributed by atoms with E-state index in [2.05, 4.69) is 52.5 Å². The van der Waals surface area contributed by atoms with Crippen LogP contribution in [0.3, 0.4) is 0 Å². The quantitative estimate of drug-likeness (QED) is 0.695. The third kappa shape index (κ3) is 3.20. The van der Waals surface area contributed by atoms with Gasteiger partial charge in [-0.1, -0.05) is 47.6 Å². The van der Waals surface area contributed by atoms with E-state index in [0.717, 1.165) is 69.0 Å². The molecule has 1 amide bonds. The highest BCUT2D eigenvalue weighted by Gasteiger charge is 2.26. The van der Waals surface area contributed by atoms with Gasteiger partial charge >= 0.3 is 0 Å². The van der Waals surface area contributed by atoms with Crippen LogP contribution in [0.2, 0.25) is 0 Å². The number of rotatable bonds is 4. The highest BCUT2D eigenvalue weighted by Crippen LogP contribution is 2.34. The average molecular weight is 375 g/mol. The lowest BCUT2D eigenvalue weighted by molar-refractivity contribution is -0.130. The first-order chi connectivity index (χ1) is 13.8. The Morgan fingerprint density at radius 2 is 1.86 bits per heavy atom. The molecule has 2 aromatic carbocycles. The number of carbonyl (C=O) groups excluding carboxylic acids is 1. The number of nitrogens with zero attached hydrogens (tertiary/aromatic N) is 3. The molecule has 3 aromatic rings. The van der Waals surface area contributed by atoms with Gasteiger partial charge in [-0.15, -0.1) is 0 Å². The molecule has 2 aliphatic heterocycles. The Labute approximate surface area is 164 Å². The molecule has 0 atom stereocenters. The largest absolute Gasteiger partial charge is 0.360 e. The molecule has 5 nitrogen and oxygen atoms in total. The van der Waals surface area contributed by atoms with Gasteiger partial charge in [-0.05, 0) is 23.6 Å². The van der Waals surface area contributed by atoms with Crippen LogP contribution in [0.1, 0.15) is 30.6 Å². The fraction of sp³-hybridized carbons (Fsp3) is 0.391. The standard InChI is InChI=1S/C23H25N3O2/c27-22(26-12-3-4-13-26)11-15-25-14-10-21-20(16-25)23(24-28-21)19-9-5-7-17-6-1-2-8-18(17)19/h1-2,5-9H,3-4,10-16H2. The highest BCUT2D eigenvalue weighted by atomic mass is 16.5. The molecule has 0 aliphatic carbocycles. The van der Waals surface area contributed by atoms with Crippen molar-refractivity contribution in [2.24, 2.45) is 0 Å². The topological polar surface area (TPSA) is 49.6 Å². The third-order valence-electron chi connectivity index (χ3n) is 6.05. The normalized spacial score (nSPS) is 17.2. The molecule has 1 fully saturated rings. The van der Waals surface area contributed by atoms with E-state index < -0.39 is 0 Å². The van der Waals surface area contributed by atoms with Crippen LogP contribution in [0.5, 0.6) is 0 Å². The first kappa shape index (κ1) is 17.4. The molecule has 3 heterocycles. The van der Waals surface area contributed by atoms with E-state index >= 15 is 0 Å². The Morgan fingerprint density at radius 3 is 2.75 bits per heavy atom. The number of amides is 1. The maximum absolute atomic E-state index is 12.4. The van der Waals surface area contributed by atoms with E-state index in [1.807, 2.05) is 4.90 Å². The third-order valence-corrected chi connectivity index (χ3v) is 6.05. The van der Waals surface area contributed by atoms with Crippen LogP contribution in [0.15, 0.2) is 47.0 Å². The van der Waals surface area contributed by atoms with E-state index in [4.69, 9.17) is 4.52 Å². The van der Waals surface area contributed by atoms with Crippen LogP contribution in [-0.4, -0.2) is 47.0 Å². The van der Waals surface area contributed by atoms with Gasteiger partial charge < -0.3 is 9.42 Å². The highest BCUT2D eigenvalue weighted by molar-refractivity contribution is 5.96. The number of hydrogen-bond donors (Lipinski definition) is 0. The Hall–Kier alpha value is -2.66. The zero-order chi connectivity index (χ0) is 18.9. The molecular weight excluding hydrogens is 350 g/mol. The molecule has 0 N–H and O–H groups in total. The Morgan fingerprint density at radius 1 is 1.04 bits per heavy atom. The predicted octanol–water partition coefficient (Wildman–Crippen LogP) is 3.87. The summed E-state index contributed by atoms with van der Waals surface area (Å²) in [5.41, 5.74) is 3.25. The number of hydrogen-bond acceptors (Lipinski definition) is 4. The maximum atomic E-state index is 12.4. The minimum atomic E-state index is 0.294. The van der Waals surface area contributed by atoms with Crippen molar-refractivity contribution in [2.45, 2.75) is 32.2 Å². The first-order valence-electron chi connectivity index (χ1n) is 10.3. The molecule has 1 saturated heterocycles. The molecular formula is C23H25N3O2. The van der Waals surface area contributed by atoms with Crippen LogP contribution < -0.4 is 0 Å². The van der Waals surface area contributed by atoms with Gasteiger partial charge in [-0.25, -0.2) is 0 Å². The molecule has 144 valence electrons. The summed E-state index contributed by atoms with van der Waals surface area (Å²) in [7, 11) is 0. The molecule has 0 radical (unpaired) electrons. The monoisotopic (exact) mass is 375 g/mol. The lowest BCUT2D eigenvalue weighted by Crippen LogP contribution is -2.35. The Bertz CT molecular complexity index is 999. The van der Waals surface area contributed by atoms with Crippen molar-refractivity contribution in [3.8, 4) is 11.3 Å². The van der Waals surface area contributed by atoms with Gasteiger partial charge in [0.15, 0.2) is 0 Å². The molecule has 28 heavy (non-hydrogen) atoms. The van der Waals surface area contributed by atoms with Crippen molar-refractivity contribution in [3.05, 3.63) is 53.8 Å². The van der Waals surface area contributed by atoms with E-state index in [0.29, 0.717) is 12.3 Å². The fourth-order valence-corrected chi connectivity index (χ4v) is 4.48. The van der Waals surface area contributed by atoms with E-state index in [1.54, 1.807) is 0 Å². The molecule has 0 bridgehead atoms. The van der Waals surface area contributed by atoms with E-state index in [9.17, 15) is 4.79 Å². The summed E-state index contributed by atoms with van der Waals surface area (Å²) >= 11 is 0. The van der Waals surface area contributed by atoms with Crippen LogP contribution in [0.25, 0.3) is 22.0 Å². The second kappa shape index (κ2) is 7.40. The predicted molar refractivity (Wildman–Crippen MR) is 109 cm³/mol. The van der Waals surface area contributed by atoms with Crippen molar-refractivity contribution in [1.82, 2.24) is 15.0 Å². The van der Waals surface area contributed by atoms with Gasteiger partial charge in [0, 0.05) is 56.7 Å². The number of likely N-dealkylation sites (tertiary alicyclic amines) is 1. The van der Waals surface area contributed by atoms with Gasteiger partial charge in [0.05, 0.1) is 0 Å².